The number of aromatic nitrogens is 3. The standard InChI is InChI=1S/C26H21ClN6O/c27-19-12-10-18(11-13-19)16-30-33-24(28)22(26(34)29-15-14-17-6-2-1-3-7-17)23-25(33)32-21-9-5-4-8-20(21)31-23/h1-13,16H,14-15,28H2,(H,29,34)/b30-16+. The summed E-state index contributed by atoms with van der Waals surface area (Å²) in [5.41, 5.74) is 10.8. The minimum atomic E-state index is -0.316. The van der Waals surface area contributed by atoms with Gasteiger partial charge in [0, 0.05) is 11.6 Å². The van der Waals surface area contributed by atoms with Crippen LogP contribution >= 0.6 is 11.6 Å². The lowest BCUT2D eigenvalue weighted by atomic mass is 10.1. The second-order valence-corrected chi connectivity index (χ2v) is 8.18. The van der Waals surface area contributed by atoms with Gasteiger partial charge in [-0.25, -0.2) is 9.97 Å². The zero-order valence-electron chi connectivity index (χ0n) is 18.1. The molecule has 0 saturated carbocycles. The molecule has 0 atom stereocenters. The molecular weight excluding hydrogens is 448 g/mol. The maximum Gasteiger partial charge on any atom is 0.257 e. The number of hydrogen-bond donors (Lipinski definition) is 2. The average Bonchev–Trinajstić information content (AvgIpc) is 3.13. The lowest BCUT2D eigenvalue weighted by Gasteiger charge is -2.05. The van der Waals surface area contributed by atoms with Crippen LogP contribution in [0.5, 0.6) is 0 Å². The molecule has 0 aliphatic rings. The van der Waals surface area contributed by atoms with E-state index in [2.05, 4.69) is 10.4 Å². The summed E-state index contributed by atoms with van der Waals surface area (Å²) in [5.74, 6) is -0.142. The first-order valence-electron chi connectivity index (χ1n) is 10.8. The predicted molar refractivity (Wildman–Crippen MR) is 136 cm³/mol. The van der Waals surface area contributed by atoms with E-state index in [1.807, 2.05) is 66.7 Å². The average molecular weight is 469 g/mol. The van der Waals surface area contributed by atoms with E-state index >= 15 is 0 Å². The normalized spacial score (nSPS) is 11.4. The molecule has 8 heteroatoms. The Morgan fingerprint density at radius 3 is 2.38 bits per heavy atom. The number of nitrogen functional groups attached to an aromatic ring is 1. The van der Waals surface area contributed by atoms with Crippen LogP contribution in [0.15, 0.2) is 84.0 Å². The molecule has 0 aliphatic carbocycles. The van der Waals surface area contributed by atoms with Gasteiger partial charge in [0.15, 0.2) is 5.65 Å². The van der Waals surface area contributed by atoms with E-state index in [1.165, 1.54) is 4.68 Å². The summed E-state index contributed by atoms with van der Waals surface area (Å²) in [4.78, 5) is 22.6. The molecule has 0 spiro atoms. The van der Waals surface area contributed by atoms with Crippen LogP contribution in [0, 0.1) is 0 Å². The zero-order valence-corrected chi connectivity index (χ0v) is 18.9. The highest BCUT2D eigenvalue weighted by Crippen LogP contribution is 2.27. The number of para-hydroxylation sites is 2. The summed E-state index contributed by atoms with van der Waals surface area (Å²) in [6.07, 6.45) is 2.34. The van der Waals surface area contributed by atoms with E-state index in [4.69, 9.17) is 27.3 Å². The minimum Gasteiger partial charge on any atom is -0.383 e. The van der Waals surface area contributed by atoms with Gasteiger partial charge in [0.25, 0.3) is 5.91 Å². The van der Waals surface area contributed by atoms with E-state index in [-0.39, 0.29) is 17.3 Å². The molecule has 34 heavy (non-hydrogen) atoms. The van der Waals surface area contributed by atoms with Crippen molar-refractivity contribution in [2.24, 2.45) is 5.10 Å². The van der Waals surface area contributed by atoms with Crippen molar-refractivity contribution in [1.82, 2.24) is 20.0 Å². The van der Waals surface area contributed by atoms with Crippen molar-refractivity contribution in [2.75, 3.05) is 12.3 Å². The first-order valence-corrected chi connectivity index (χ1v) is 11.2. The highest BCUT2D eigenvalue weighted by molar-refractivity contribution is 6.30. The Kier molecular flexibility index (Phi) is 5.93. The molecule has 5 rings (SSSR count). The highest BCUT2D eigenvalue weighted by atomic mass is 35.5. The van der Waals surface area contributed by atoms with E-state index in [0.717, 1.165) is 11.1 Å². The number of nitrogens with one attached hydrogen (secondary N) is 1. The van der Waals surface area contributed by atoms with Crippen molar-refractivity contribution < 1.29 is 4.79 Å². The molecule has 3 aromatic carbocycles. The van der Waals surface area contributed by atoms with Gasteiger partial charge < -0.3 is 11.1 Å². The van der Waals surface area contributed by atoms with Crippen molar-refractivity contribution >= 4 is 51.7 Å². The molecule has 2 heterocycles. The number of nitrogens with zero attached hydrogens (tertiary/aromatic N) is 4. The number of carbonyl (C=O) groups excluding carboxylic acids is 1. The molecule has 168 valence electrons. The van der Waals surface area contributed by atoms with E-state index in [1.54, 1.807) is 18.3 Å². The molecule has 0 fully saturated rings. The fourth-order valence-electron chi connectivity index (χ4n) is 3.71. The molecule has 3 N–H and O–H groups in total. The van der Waals surface area contributed by atoms with Crippen molar-refractivity contribution in [1.29, 1.82) is 0 Å². The summed E-state index contributed by atoms with van der Waals surface area (Å²) in [5, 5.41) is 8.10. The van der Waals surface area contributed by atoms with Crippen LogP contribution in [0.4, 0.5) is 5.82 Å². The number of amides is 1. The molecule has 0 radical (unpaired) electrons. The van der Waals surface area contributed by atoms with Gasteiger partial charge in [-0.15, -0.1) is 0 Å². The van der Waals surface area contributed by atoms with Crippen LogP contribution in [0.3, 0.4) is 0 Å². The Labute approximate surface area is 200 Å². The van der Waals surface area contributed by atoms with Gasteiger partial charge >= 0.3 is 0 Å². The zero-order chi connectivity index (χ0) is 23.5. The third-order valence-corrected chi connectivity index (χ3v) is 5.69. The quantitative estimate of drug-likeness (QED) is 0.353. The Morgan fingerprint density at radius 1 is 0.971 bits per heavy atom. The van der Waals surface area contributed by atoms with Crippen molar-refractivity contribution in [2.45, 2.75) is 6.42 Å². The maximum atomic E-state index is 13.2. The van der Waals surface area contributed by atoms with E-state index in [0.29, 0.717) is 40.2 Å². The van der Waals surface area contributed by atoms with Gasteiger partial charge in [-0.3, -0.25) is 4.79 Å². The molecular formula is C26H21ClN6O. The van der Waals surface area contributed by atoms with Gasteiger partial charge in [0.05, 0.1) is 17.2 Å². The molecule has 5 aromatic rings. The third-order valence-electron chi connectivity index (χ3n) is 5.44. The SMILES string of the molecule is Nc1c(C(=O)NCCc2ccccc2)c2nc3ccccc3nc2n1/N=C/c1ccc(Cl)cc1. The van der Waals surface area contributed by atoms with E-state index in [9.17, 15) is 4.79 Å². The second kappa shape index (κ2) is 9.33. The van der Waals surface area contributed by atoms with Gasteiger partial charge in [0.1, 0.15) is 16.9 Å². The summed E-state index contributed by atoms with van der Waals surface area (Å²) < 4.78 is 1.45. The molecule has 2 aromatic heterocycles. The van der Waals surface area contributed by atoms with Crippen molar-refractivity contribution in [3.8, 4) is 0 Å². The van der Waals surface area contributed by atoms with Crippen LogP contribution in [0.2, 0.25) is 5.02 Å². The molecule has 0 unspecified atom stereocenters. The predicted octanol–water partition coefficient (Wildman–Crippen LogP) is 4.67. The summed E-state index contributed by atoms with van der Waals surface area (Å²) in [6, 6.07) is 24.7. The third kappa shape index (κ3) is 4.33. The fourth-order valence-corrected chi connectivity index (χ4v) is 3.84. The number of halogens is 1. The Bertz CT molecular complexity index is 1510. The number of hydrogen-bond acceptors (Lipinski definition) is 5. The van der Waals surface area contributed by atoms with Gasteiger partial charge in [-0.05, 0) is 41.8 Å². The number of benzene rings is 3. The molecule has 7 nitrogen and oxygen atoms in total. The number of nitrogens with two attached hydrogens (primary N) is 1. The Hall–Kier alpha value is -4.23. The summed E-state index contributed by atoms with van der Waals surface area (Å²) in [7, 11) is 0. The lowest BCUT2D eigenvalue weighted by molar-refractivity contribution is 0.0956. The Balaban J connectivity index is 1.53. The molecule has 0 aliphatic heterocycles. The van der Waals surface area contributed by atoms with Crippen molar-refractivity contribution in [3.63, 3.8) is 0 Å². The van der Waals surface area contributed by atoms with Crippen molar-refractivity contribution in [3.05, 3.63) is 101 Å². The monoisotopic (exact) mass is 468 g/mol. The number of carbonyl (C=O) groups is 1. The van der Waals surface area contributed by atoms with Gasteiger partial charge in [0.2, 0.25) is 0 Å². The summed E-state index contributed by atoms with van der Waals surface area (Å²) in [6.45, 7) is 0.462. The lowest BCUT2D eigenvalue weighted by Crippen LogP contribution is -2.26. The minimum absolute atomic E-state index is 0.174. The fraction of sp³-hybridized carbons (Fsp3) is 0.0769. The summed E-state index contributed by atoms with van der Waals surface area (Å²) >= 11 is 5.97. The van der Waals surface area contributed by atoms with Crippen LogP contribution in [0.25, 0.3) is 22.2 Å². The van der Waals surface area contributed by atoms with E-state index < -0.39 is 0 Å². The molecule has 1 amide bonds. The molecule has 0 bridgehead atoms. The Morgan fingerprint density at radius 2 is 1.65 bits per heavy atom. The highest BCUT2D eigenvalue weighted by Gasteiger charge is 2.23. The number of rotatable bonds is 6. The maximum absolute atomic E-state index is 13.2. The first kappa shape index (κ1) is 21.6. The smallest absolute Gasteiger partial charge is 0.257 e. The second-order valence-electron chi connectivity index (χ2n) is 7.74. The first-order chi connectivity index (χ1) is 16.6. The van der Waals surface area contributed by atoms with Gasteiger partial charge in [-0.1, -0.05) is 66.2 Å². The topological polar surface area (TPSA) is 98.2 Å². The van der Waals surface area contributed by atoms with Crippen LogP contribution < -0.4 is 11.1 Å². The molecule has 0 saturated heterocycles. The number of anilines is 1. The van der Waals surface area contributed by atoms with Crippen LogP contribution in [0.1, 0.15) is 21.5 Å². The van der Waals surface area contributed by atoms with Crippen LogP contribution in [-0.2, 0) is 6.42 Å². The number of fused-ring (bicyclic) bond motifs is 2. The largest absolute Gasteiger partial charge is 0.383 e. The van der Waals surface area contributed by atoms with Gasteiger partial charge in [-0.2, -0.15) is 9.78 Å². The van der Waals surface area contributed by atoms with Crippen LogP contribution in [-0.4, -0.2) is 33.3 Å².